The monoisotopic (exact) mass is 237 g/mol. The molecule has 1 fully saturated rings. The Labute approximate surface area is 103 Å². The van der Waals surface area contributed by atoms with E-state index in [0.717, 1.165) is 44.3 Å². The highest BCUT2D eigenvalue weighted by Crippen LogP contribution is 2.24. The van der Waals surface area contributed by atoms with Crippen molar-refractivity contribution in [2.75, 3.05) is 20.1 Å². The topological polar surface area (TPSA) is 46.0 Å². The van der Waals surface area contributed by atoms with Crippen LogP contribution in [0.4, 0.5) is 0 Å². The Morgan fingerprint density at radius 3 is 3.06 bits per heavy atom. The average Bonchev–Trinajstić information content (AvgIpc) is 3.08. The lowest BCUT2D eigenvalue weighted by Gasteiger charge is -2.14. The van der Waals surface area contributed by atoms with E-state index >= 15 is 0 Å². The van der Waals surface area contributed by atoms with Crippen molar-refractivity contribution in [3.63, 3.8) is 0 Å². The van der Waals surface area contributed by atoms with Crippen molar-refractivity contribution in [2.45, 2.75) is 45.3 Å². The zero-order valence-corrected chi connectivity index (χ0v) is 10.9. The van der Waals surface area contributed by atoms with Gasteiger partial charge in [0.1, 0.15) is 0 Å². The Balaban J connectivity index is 1.69. The summed E-state index contributed by atoms with van der Waals surface area (Å²) in [5, 5.41) is 11.6. The lowest BCUT2D eigenvalue weighted by molar-refractivity contribution is 0.301. The third-order valence-electron chi connectivity index (χ3n) is 3.17. The van der Waals surface area contributed by atoms with E-state index in [2.05, 4.69) is 34.5 Å². The second-order valence-electron chi connectivity index (χ2n) is 4.86. The number of nitrogens with zero attached hydrogens (tertiary/aromatic N) is 4. The Morgan fingerprint density at radius 2 is 2.35 bits per heavy atom. The Hall–Kier alpha value is -0.940. The van der Waals surface area contributed by atoms with Gasteiger partial charge in [0.25, 0.3) is 0 Å². The second kappa shape index (κ2) is 6.12. The molecular weight excluding hydrogens is 214 g/mol. The van der Waals surface area contributed by atoms with Crippen molar-refractivity contribution in [3.8, 4) is 0 Å². The van der Waals surface area contributed by atoms with Crippen LogP contribution in [0.1, 0.15) is 31.9 Å². The van der Waals surface area contributed by atoms with Crippen LogP contribution in [0.5, 0.6) is 0 Å². The fourth-order valence-electron chi connectivity index (χ4n) is 1.88. The third kappa shape index (κ3) is 4.09. The summed E-state index contributed by atoms with van der Waals surface area (Å²) in [6, 6.07) is 0.823. The van der Waals surface area contributed by atoms with Crippen molar-refractivity contribution >= 4 is 0 Å². The first kappa shape index (κ1) is 12.5. The van der Waals surface area contributed by atoms with Crippen molar-refractivity contribution < 1.29 is 0 Å². The second-order valence-corrected chi connectivity index (χ2v) is 4.86. The van der Waals surface area contributed by atoms with Crippen LogP contribution < -0.4 is 5.32 Å². The Kier molecular flexibility index (Phi) is 4.50. The molecule has 0 unspecified atom stereocenters. The molecule has 5 heteroatoms. The molecule has 1 aromatic rings. The smallest absolute Gasteiger partial charge is 0.0964 e. The van der Waals surface area contributed by atoms with Crippen LogP contribution in [0.25, 0.3) is 0 Å². The summed E-state index contributed by atoms with van der Waals surface area (Å²) in [6.45, 7) is 6.03. The Morgan fingerprint density at radius 1 is 1.53 bits per heavy atom. The molecule has 0 bridgehead atoms. The average molecular weight is 237 g/mol. The predicted octanol–water partition coefficient (Wildman–Crippen LogP) is 0.872. The molecular formula is C12H23N5. The molecule has 0 aliphatic heterocycles. The molecule has 5 nitrogen and oxygen atoms in total. The Bertz CT molecular complexity index is 331. The van der Waals surface area contributed by atoms with Crippen LogP contribution in [0.2, 0.25) is 0 Å². The van der Waals surface area contributed by atoms with Gasteiger partial charge in [0.2, 0.25) is 0 Å². The molecule has 0 atom stereocenters. The van der Waals surface area contributed by atoms with Gasteiger partial charge in [0, 0.05) is 25.3 Å². The van der Waals surface area contributed by atoms with Crippen molar-refractivity contribution in [2.24, 2.45) is 0 Å². The molecule has 1 aliphatic rings. The van der Waals surface area contributed by atoms with E-state index in [4.69, 9.17) is 0 Å². The van der Waals surface area contributed by atoms with Crippen LogP contribution in [-0.2, 0) is 13.1 Å². The highest BCUT2D eigenvalue weighted by molar-refractivity contribution is 4.91. The molecule has 0 saturated heterocycles. The summed E-state index contributed by atoms with van der Waals surface area (Å²) in [4.78, 5) is 2.41. The van der Waals surface area contributed by atoms with Crippen LogP contribution >= 0.6 is 0 Å². The molecule has 17 heavy (non-hydrogen) atoms. The lowest BCUT2D eigenvalue weighted by Crippen LogP contribution is -2.25. The number of hydrogen-bond acceptors (Lipinski definition) is 4. The molecule has 1 N–H and O–H groups in total. The molecule has 1 saturated carbocycles. The summed E-state index contributed by atoms with van der Waals surface area (Å²) in [5.74, 6) is 0. The summed E-state index contributed by atoms with van der Waals surface area (Å²) < 4.78 is 1.95. The maximum absolute atomic E-state index is 4.16. The van der Waals surface area contributed by atoms with Crippen LogP contribution in [0, 0.1) is 0 Å². The SMILES string of the molecule is CCCNCc1cn(CCN(C)C2CC2)nn1. The molecule has 0 amide bonds. The number of rotatable bonds is 8. The van der Waals surface area contributed by atoms with Crippen molar-refractivity contribution in [1.82, 2.24) is 25.2 Å². The van der Waals surface area contributed by atoms with E-state index in [9.17, 15) is 0 Å². The molecule has 1 aromatic heterocycles. The fraction of sp³-hybridized carbons (Fsp3) is 0.833. The van der Waals surface area contributed by atoms with Gasteiger partial charge in [-0.1, -0.05) is 12.1 Å². The first-order valence-corrected chi connectivity index (χ1v) is 6.59. The summed E-state index contributed by atoms with van der Waals surface area (Å²) >= 11 is 0. The van der Waals surface area contributed by atoms with E-state index in [0.29, 0.717) is 0 Å². The molecule has 1 aliphatic carbocycles. The zero-order chi connectivity index (χ0) is 12.1. The summed E-state index contributed by atoms with van der Waals surface area (Å²) in [6.07, 6.45) is 5.92. The molecule has 0 aromatic carbocycles. The minimum absolute atomic E-state index is 0.823. The predicted molar refractivity (Wildman–Crippen MR) is 67.7 cm³/mol. The van der Waals surface area contributed by atoms with Gasteiger partial charge in [0.05, 0.1) is 12.2 Å². The number of hydrogen-bond donors (Lipinski definition) is 1. The van der Waals surface area contributed by atoms with Crippen LogP contribution in [-0.4, -0.2) is 46.1 Å². The van der Waals surface area contributed by atoms with Gasteiger partial charge < -0.3 is 10.2 Å². The standard InChI is InChI=1S/C12H23N5/c1-3-6-13-9-11-10-17(15-14-11)8-7-16(2)12-4-5-12/h10,12-13H,3-9H2,1-2H3. The van der Waals surface area contributed by atoms with Gasteiger partial charge in [0.15, 0.2) is 0 Å². The normalized spacial score (nSPS) is 15.7. The minimum atomic E-state index is 0.823. The quantitative estimate of drug-likeness (QED) is 0.682. The molecule has 96 valence electrons. The number of aromatic nitrogens is 3. The largest absolute Gasteiger partial charge is 0.311 e. The first-order valence-electron chi connectivity index (χ1n) is 6.59. The molecule has 1 heterocycles. The molecule has 0 radical (unpaired) electrons. The minimum Gasteiger partial charge on any atom is -0.311 e. The van der Waals surface area contributed by atoms with Gasteiger partial charge in [-0.15, -0.1) is 5.10 Å². The zero-order valence-electron chi connectivity index (χ0n) is 10.9. The van der Waals surface area contributed by atoms with E-state index in [1.165, 1.54) is 12.8 Å². The third-order valence-corrected chi connectivity index (χ3v) is 3.17. The highest BCUT2D eigenvalue weighted by atomic mass is 15.4. The lowest BCUT2D eigenvalue weighted by atomic mass is 10.4. The van der Waals surface area contributed by atoms with Gasteiger partial charge in [-0.2, -0.15) is 0 Å². The van der Waals surface area contributed by atoms with Gasteiger partial charge in [-0.25, -0.2) is 0 Å². The fourth-order valence-corrected chi connectivity index (χ4v) is 1.88. The van der Waals surface area contributed by atoms with Crippen LogP contribution in [0.3, 0.4) is 0 Å². The maximum Gasteiger partial charge on any atom is 0.0964 e. The van der Waals surface area contributed by atoms with Crippen molar-refractivity contribution in [1.29, 1.82) is 0 Å². The van der Waals surface area contributed by atoms with Crippen molar-refractivity contribution in [3.05, 3.63) is 11.9 Å². The van der Waals surface area contributed by atoms with E-state index in [1.807, 2.05) is 10.9 Å². The number of nitrogens with one attached hydrogen (secondary N) is 1. The van der Waals surface area contributed by atoms with E-state index in [-0.39, 0.29) is 0 Å². The van der Waals surface area contributed by atoms with Gasteiger partial charge in [-0.05, 0) is 32.9 Å². The summed E-state index contributed by atoms with van der Waals surface area (Å²) in [5.41, 5.74) is 1.03. The highest BCUT2D eigenvalue weighted by Gasteiger charge is 2.25. The summed E-state index contributed by atoms with van der Waals surface area (Å²) in [7, 11) is 2.19. The van der Waals surface area contributed by atoms with E-state index in [1.54, 1.807) is 0 Å². The first-order chi connectivity index (χ1) is 8.29. The van der Waals surface area contributed by atoms with E-state index < -0.39 is 0 Å². The van der Waals surface area contributed by atoms with Gasteiger partial charge in [-0.3, -0.25) is 4.68 Å². The molecule has 2 rings (SSSR count). The van der Waals surface area contributed by atoms with Gasteiger partial charge >= 0.3 is 0 Å². The maximum atomic E-state index is 4.16. The number of likely N-dealkylation sites (N-methyl/N-ethyl adjacent to an activating group) is 1. The molecule has 0 spiro atoms. The van der Waals surface area contributed by atoms with Crippen LogP contribution in [0.15, 0.2) is 6.20 Å².